The Labute approximate surface area is 803 Å². The molecule has 9 heterocycles. The lowest BCUT2D eigenvalue weighted by Crippen LogP contribution is -2.03. The van der Waals surface area contributed by atoms with Gasteiger partial charge in [0.15, 0.2) is 0 Å². The minimum Gasteiger partial charge on any atom is -0.292 e. The van der Waals surface area contributed by atoms with Gasteiger partial charge in [-0.15, -0.1) is 34.0 Å². The highest BCUT2D eigenvalue weighted by molar-refractivity contribution is 7.28. The van der Waals surface area contributed by atoms with E-state index in [0.29, 0.717) is 5.95 Å². The molecule has 0 aliphatic carbocycles. The van der Waals surface area contributed by atoms with Crippen molar-refractivity contribution in [2.45, 2.75) is 0 Å². The summed E-state index contributed by atoms with van der Waals surface area (Å²) in [5.41, 5.74) is 22.7. The summed E-state index contributed by atoms with van der Waals surface area (Å²) in [5, 5.41) is 27.6. The first-order valence-electron chi connectivity index (χ1n) is 46.8. The van der Waals surface area contributed by atoms with E-state index in [0.717, 1.165) is 72.4 Å². The van der Waals surface area contributed by atoms with Crippen molar-refractivity contribution in [2.75, 3.05) is 0 Å². The zero-order valence-corrected chi connectivity index (χ0v) is 76.8. The van der Waals surface area contributed by atoms with Crippen molar-refractivity contribution in [1.29, 1.82) is 0 Å². The summed E-state index contributed by atoms with van der Waals surface area (Å²) in [4.78, 5) is 21.6. The molecule has 30 aromatic rings. The summed E-state index contributed by atoms with van der Waals surface area (Å²) in [6.45, 7) is 0. The molecule has 21 aromatic carbocycles. The number of nitrogens with zero attached hydrogens (tertiary/aromatic N) is 7. The number of rotatable bonds is 9. The molecule has 0 bridgehead atoms. The minimum atomic E-state index is 0.682. The standard InChI is InChI=1S/2C43H26N2S.C42H25N3S/c1-2-12-27(13-3-1)28-22-24-29(25-23-28)35-26-39(44-36-19-9-6-14-30(35)36)45-37-20-10-7-17-33(37)40-31-15-4-5-16-32(31)41-34-18-8-11-21-38(34)46-43(41)42(40)45;1-2-12-27(13-3-1)28-22-24-29(25-23-28)41-31-15-5-4-14-30(31)26-38(44-41)45-36-20-10-8-18-34(36)39-32-16-6-7-17-33(32)40-35-19-9-11-21-37(35)46-43(40)42(39)45;1-2-12-26(13-3-1)27-22-24-28(25-23-27)39-31-16-6-9-19-34(31)43-42(44-39)45-35-20-10-7-17-32(35)37-29-14-4-5-15-30(29)38-33-18-8-11-21-36(33)46-41(38)40(37)45/h2*1-26H;1-25H. The Bertz CT molecular complexity index is 9290. The molecule has 0 amide bonds. The SMILES string of the molecule is c1ccc(-c2ccc(-c3cc(-n4c5ccccc5c5c6ccccc6c6c7ccccc7sc6c54)nc4ccccc34)cc2)cc1.c1ccc(-c2ccc(-c3nc(-n4c5ccccc5c5c6ccccc6c6c7ccccc7sc6c54)cc4ccccc34)cc2)cc1.c1ccc(-c2ccc(-c3nc(-n4c5ccccc5c5c6ccccc6c6c7ccccc7sc6c54)nc4ccccc34)cc2)cc1. The molecule has 10 heteroatoms. The van der Waals surface area contributed by atoms with E-state index >= 15 is 0 Å². The zero-order valence-electron chi connectivity index (χ0n) is 74.3. The number of pyridine rings is 2. The van der Waals surface area contributed by atoms with E-state index in [4.69, 9.17) is 19.9 Å². The average Bonchev–Trinajstić information content (AvgIpc) is 1.54. The van der Waals surface area contributed by atoms with Crippen molar-refractivity contribution < 1.29 is 0 Å². The van der Waals surface area contributed by atoms with Gasteiger partial charge in [-0.2, -0.15) is 0 Å². The van der Waals surface area contributed by atoms with Crippen LogP contribution in [0.5, 0.6) is 0 Å². The maximum atomic E-state index is 5.52. The molecule has 9 aromatic heterocycles. The van der Waals surface area contributed by atoms with Gasteiger partial charge in [0.2, 0.25) is 5.95 Å². The third-order valence-corrected chi connectivity index (χ3v) is 31.5. The third-order valence-electron chi connectivity index (χ3n) is 28.0. The van der Waals surface area contributed by atoms with Crippen molar-refractivity contribution >= 4 is 225 Å². The fraction of sp³-hybridized carbons (Fsp3) is 0. The molecule has 0 atom stereocenters. The number of aromatic nitrogens is 7. The van der Waals surface area contributed by atoms with Gasteiger partial charge < -0.3 is 0 Å². The van der Waals surface area contributed by atoms with Gasteiger partial charge in [-0.05, 0) is 143 Å². The second kappa shape index (κ2) is 32.2. The van der Waals surface area contributed by atoms with Crippen LogP contribution in [0.3, 0.4) is 0 Å². The van der Waals surface area contributed by atoms with E-state index in [1.807, 2.05) is 34.0 Å². The molecule has 0 aliphatic heterocycles. The summed E-state index contributed by atoms with van der Waals surface area (Å²) in [5.74, 6) is 2.54. The lowest BCUT2D eigenvalue weighted by Gasteiger charge is -2.14. The lowest BCUT2D eigenvalue weighted by atomic mass is 9.98. The predicted octanol–water partition coefficient (Wildman–Crippen LogP) is 36.0. The number of benzene rings is 21. The number of para-hydroxylation sites is 5. The van der Waals surface area contributed by atoms with Gasteiger partial charge >= 0.3 is 0 Å². The van der Waals surface area contributed by atoms with E-state index in [2.05, 4.69) is 481 Å². The zero-order chi connectivity index (χ0) is 90.6. The largest absolute Gasteiger partial charge is 0.292 e. The first-order chi connectivity index (χ1) is 68.5. The average molecular weight is 1810 g/mol. The van der Waals surface area contributed by atoms with Crippen LogP contribution in [0.25, 0.3) is 275 Å². The molecule has 0 N–H and O–H groups in total. The van der Waals surface area contributed by atoms with Crippen molar-refractivity contribution in [3.05, 3.63) is 467 Å². The normalized spacial score (nSPS) is 11.9. The molecule has 0 unspecified atom stereocenters. The van der Waals surface area contributed by atoms with E-state index < -0.39 is 0 Å². The van der Waals surface area contributed by atoms with Gasteiger partial charge in [0.1, 0.15) is 11.6 Å². The van der Waals surface area contributed by atoms with Gasteiger partial charge in [-0.1, -0.05) is 406 Å². The van der Waals surface area contributed by atoms with E-state index in [1.165, 1.54) is 197 Å². The summed E-state index contributed by atoms with van der Waals surface area (Å²) in [6.07, 6.45) is 0. The van der Waals surface area contributed by atoms with Crippen molar-refractivity contribution in [3.63, 3.8) is 0 Å². The summed E-state index contributed by atoms with van der Waals surface area (Å²) < 4.78 is 14.9. The Morgan fingerprint density at radius 3 is 0.877 bits per heavy atom. The highest BCUT2D eigenvalue weighted by Gasteiger charge is 2.29. The van der Waals surface area contributed by atoms with Crippen molar-refractivity contribution in [3.8, 4) is 84.6 Å². The van der Waals surface area contributed by atoms with Gasteiger partial charge in [0, 0.05) is 106 Å². The summed E-state index contributed by atoms with van der Waals surface area (Å²) in [6, 6.07) is 168. The fourth-order valence-corrected chi connectivity index (χ4v) is 25.6. The Morgan fingerprint density at radius 1 is 0.174 bits per heavy atom. The molecule has 642 valence electrons. The summed E-state index contributed by atoms with van der Waals surface area (Å²) in [7, 11) is 0. The first-order valence-corrected chi connectivity index (χ1v) is 49.3. The molecule has 0 fully saturated rings. The fourth-order valence-electron chi connectivity index (χ4n) is 21.9. The molecule has 0 saturated carbocycles. The summed E-state index contributed by atoms with van der Waals surface area (Å²) >= 11 is 5.63. The minimum absolute atomic E-state index is 0.682. The van der Waals surface area contributed by atoms with Gasteiger partial charge in [0.25, 0.3) is 0 Å². The number of hydrogen-bond acceptors (Lipinski definition) is 7. The number of fused-ring (bicyclic) bond motifs is 33. The van der Waals surface area contributed by atoms with Gasteiger partial charge in [-0.3, -0.25) is 13.7 Å². The van der Waals surface area contributed by atoms with E-state index in [1.54, 1.807) is 0 Å². The smallest absolute Gasteiger partial charge is 0.235 e. The first kappa shape index (κ1) is 79.2. The van der Waals surface area contributed by atoms with Gasteiger partial charge in [0.05, 0.1) is 69.6 Å². The van der Waals surface area contributed by atoms with E-state index in [9.17, 15) is 0 Å². The van der Waals surface area contributed by atoms with Crippen LogP contribution in [0.1, 0.15) is 0 Å². The van der Waals surface area contributed by atoms with Crippen molar-refractivity contribution in [2.24, 2.45) is 0 Å². The Balaban J connectivity index is 0.000000102. The molecule has 0 saturated heterocycles. The van der Waals surface area contributed by atoms with Crippen LogP contribution >= 0.6 is 34.0 Å². The second-order valence-corrected chi connectivity index (χ2v) is 38.7. The number of thiophene rings is 3. The maximum Gasteiger partial charge on any atom is 0.235 e. The molecule has 0 spiro atoms. The molecule has 0 radical (unpaired) electrons. The quantitative estimate of drug-likeness (QED) is 0.144. The molecule has 30 rings (SSSR count). The van der Waals surface area contributed by atoms with Crippen LogP contribution in [0.4, 0.5) is 0 Å². The topological polar surface area (TPSA) is 66.3 Å². The van der Waals surface area contributed by atoms with Gasteiger partial charge in [-0.25, -0.2) is 19.9 Å². The molecule has 0 aliphatic rings. The second-order valence-electron chi connectivity index (χ2n) is 35.6. The lowest BCUT2D eigenvalue weighted by molar-refractivity contribution is 1.02. The number of hydrogen-bond donors (Lipinski definition) is 0. The monoisotopic (exact) mass is 1810 g/mol. The van der Waals surface area contributed by atoms with Crippen molar-refractivity contribution in [1.82, 2.24) is 33.6 Å². The molecule has 138 heavy (non-hydrogen) atoms. The van der Waals surface area contributed by atoms with E-state index in [-0.39, 0.29) is 0 Å². The highest BCUT2D eigenvalue weighted by atomic mass is 32.1. The van der Waals surface area contributed by atoms with Crippen LogP contribution in [-0.2, 0) is 0 Å². The molecular formula is C128H77N7S3. The Hall–Kier alpha value is -17.4. The third kappa shape index (κ3) is 12.6. The maximum absolute atomic E-state index is 5.52. The highest BCUT2D eigenvalue weighted by Crippen LogP contribution is 2.53. The Kier molecular flexibility index (Phi) is 18.5. The molecule has 7 nitrogen and oxygen atoms in total. The van der Waals surface area contributed by atoms with Crippen LogP contribution in [0, 0.1) is 0 Å². The molecular weight excluding hydrogens is 1730 g/mol. The Morgan fingerprint density at radius 2 is 0.457 bits per heavy atom. The van der Waals surface area contributed by atoms with Crippen LogP contribution in [0.15, 0.2) is 467 Å². The predicted molar refractivity (Wildman–Crippen MR) is 590 cm³/mol. The van der Waals surface area contributed by atoms with Crippen LogP contribution < -0.4 is 0 Å². The van der Waals surface area contributed by atoms with Crippen LogP contribution in [-0.4, -0.2) is 33.6 Å². The van der Waals surface area contributed by atoms with Crippen LogP contribution in [0.2, 0.25) is 0 Å².